The predicted octanol–water partition coefficient (Wildman–Crippen LogP) is 2.15. The fraction of sp³-hybridized carbons (Fsp3) is 0.500. The van der Waals surface area contributed by atoms with Gasteiger partial charge < -0.3 is 5.11 Å². The van der Waals surface area contributed by atoms with E-state index in [0.717, 1.165) is 17.7 Å². The smallest absolute Gasteiger partial charge is 0.241 e. The van der Waals surface area contributed by atoms with Crippen molar-refractivity contribution in [3.05, 3.63) is 28.2 Å². The third-order valence-electron chi connectivity index (χ3n) is 2.36. The summed E-state index contributed by atoms with van der Waals surface area (Å²) < 4.78 is 27.3. The highest BCUT2D eigenvalue weighted by molar-refractivity contribution is 9.10. The Kier molecular flexibility index (Phi) is 7.38. The van der Waals surface area contributed by atoms with Crippen molar-refractivity contribution in [1.29, 1.82) is 0 Å². The fourth-order valence-corrected chi connectivity index (χ4v) is 4.55. The summed E-state index contributed by atoms with van der Waals surface area (Å²) in [4.78, 5) is 0.262. The average Bonchev–Trinajstić information content (AvgIpc) is 2.33. The van der Waals surface area contributed by atoms with E-state index in [9.17, 15) is 8.42 Å². The first-order chi connectivity index (χ1) is 8.97. The highest BCUT2D eigenvalue weighted by Gasteiger charge is 2.16. The first-order valence-corrected chi connectivity index (χ1v) is 9.35. The highest BCUT2D eigenvalue weighted by Crippen LogP contribution is 2.22. The number of sulfonamides is 1. The van der Waals surface area contributed by atoms with E-state index in [1.807, 2.05) is 6.92 Å². The Morgan fingerprint density at radius 1 is 1.37 bits per heavy atom. The standard InChI is InChI=1S/C12H18BrNO3S2/c1-10-3-4-12(11(13)9-10)19(16,17)14-5-8-18-7-2-6-15/h3-4,9,14-15H,2,5-8H2,1H3. The summed E-state index contributed by atoms with van der Waals surface area (Å²) in [6.07, 6.45) is 0.737. The van der Waals surface area contributed by atoms with E-state index in [1.54, 1.807) is 30.0 Å². The third-order valence-corrected chi connectivity index (χ3v) is 5.87. The second-order valence-electron chi connectivity index (χ2n) is 4.02. The lowest BCUT2D eigenvalue weighted by molar-refractivity contribution is 0.296. The molecule has 0 amide bonds. The van der Waals surface area contributed by atoms with Gasteiger partial charge in [-0.25, -0.2) is 13.1 Å². The first-order valence-electron chi connectivity index (χ1n) is 5.92. The van der Waals surface area contributed by atoms with Gasteiger partial charge in [0.05, 0.1) is 4.90 Å². The number of hydrogen-bond acceptors (Lipinski definition) is 4. The molecule has 1 aromatic carbocycles. The number of halogens is 1. The number of thioether (sulfide) groups is 1. The van der Waals surface area contributed by atoms with Gasteiger partial charge in [-0.2, -0.15) is 11.8 Å². The third kappa shape index (κ3) is 5.83. The zero-order valence-corrected chi connectivity index (χ0v) is 13.9. The average molecular weight is 368 g/mol. The molecule has 1 aromatic rings. The SMILES string of the molecule is Cc1ccc(S(=O)(=O)NCCSCCCO)c(Br)c1. The molecule has 0 aromatic heterocycles. The van der Waals surface area contributed by atoms with Crippen molar-refractivity contribution in [2.45, 2.75) is 18.2 Å². The van der Waals surface area contributed by atoms with Crippen molar-refractivity contribution in [3.8, 4) is 0 Å². The Hall–Kier alpha value is -0.0800. The first kappa shape index (κ1) is 17.0. The molecule has 108 valence electrons. The quantitative estimate of drug-likeness (QED) is 0.690. The Morgan fingerprint density at radius 2 is 2.11 bits per heavy atom. The molecule has 1 rings (SSSR count). The van der Waals surface area contributed by atoms with E-state index in [2.05, 4.69) is 20.7 Å². The minimum atomic E-state index is -3.46. The van der Waals surface area contributed by atoms with Gasteiger partial charge in [0.1, 0.15) is 0 Å². The van der Waals surface area contributed by atoms with Crippen molar-refractivity contribution >= 4 is 37.7 Å². The number of rotatable bonds is 8. The van der Waals surface area contributed by atoms with E-state index < -0.39 is 10.0 Å². The van der Waals surface area contributed by atoms with Gasteiger partial charge >= 0.3 is 0 Å². The zero-order chi connectivity index (χ0) is 14.3. The maximum Gasteiger partial charge on any atom is 0.241 e. The Balaban J connectivity index is 2.52. The molecular weight excluding hydrogens is 350 g/mol. The van der Waals surface area contributed by atoms with E-state index in [4.69, 9.17) is 5.11 Å². The number of aliphatic hydroxyl groups excluding tert-OH is 1. The van der Waals surface area contributed by atoms with Gasteiger partial charge in [0.2, 0.25) is 10.0 Å². The van der Waals surface area contributed by atoms with Gasteiger partial charge in [-0.3, -0.25) is 0 Å². The molecule has 7 heteroatoms. The van der Waals surface area contributed by atoms with Gasteiger partial charge in [-0.1, -0.05) is 6.07 Å². The van der Waals surface area contributed by atoms with Crippen LogP contribution in [0.25, 0.3) is 0 Å². The van der Waals surface area contributed by atoms with Crippen LogP contribution >= 0.6 is 27.7 Å². The molecular formula is C12H18BrNO3S2. The molecule has 0 aliphatic rings. The summed E-state index contributed by atoms with van der Waals surface area (Å²) in [6, 6.07) is 5.15. The molecule has 0 fully saturated rings. The summed E-state index contributed by atoms with van der Waals surface area (Å²) in [5.74, 6) is 1.54. The van der Waals surface area contributed by atoms with Crippen molar-refractivity contribution in [1.82, 2.24) is 4.72 Å². The van der Waals surface area contributed by atoms with Crippen LogP contribution in [-0.4, -0.2) is 38.2 Å². The summed E-state index contributed by atoms with van der Waals surface area (Å²) in [5, 5.41) is 8.62. The topological polar surface area (TPSA) is 66.4 Å². The van der Waals surface area contributed by atoms with Crippen LogP contribution in [0.1, 0.15) is 12.0 Å². The molecule has 0 bridgehead atoms. The van der Waals surface area contributed by atoms with Crippen LogP contribution < -0.4 is 4.72 Å². The molecule has 0 heterocycles. The molecule has 0 radical (unpaired) electrons. The van der Waals surface area contributed by atoms with Crippen LogP contribution in [0.2, 0.25) is 0 Å². The Bertz CT molecular complexity index is 506. The van der Waals surface area contributed by atoms with Crippen LogP contribution in [0.5, 0.6) is 0 Å². The lowest BCUT2D eigenvalue weighted by Crippen LogP contribution is -2.26. The molecule has 0 saturated heterocycles. The van der Waals surface area contributed by atoms with Gasteiger partial charge in [0.25, 0.3) is 0 Å². The fourth-order valence-electron chi connectivity index (χ4n) is 1.42. The van der Waals surface area contributed by atoms with E-state index in [0.29, 0.717) is 16.8 Å². The van der Waals surface area contributed by atoms with E-state index in [1.165, 1.54) is 0 Å². The van der Waals surface area contributed by atoms with Crippen molar-refractivity contribution in [3.63, 3.8) is 0 Å². The van der Waals surface area contributed by atoms with Crippen LogP contribution in [0, 0.1) is 6.92 Å². The van der Waals surface area contributed by atoms with Crippen LogP contribution in [0.3, 0.4) is 0 Å². The lowest BCUT2D eigenvalue weighted by atomic mass is 10.2. The normalized spacial score (nSPS) is 11.7. The maximum absolute atomic E-state index is 12.1. The largest absolute Gasteiger partial charge is 0.396 e. The number of aliphatic hydroxyl groups is 1. The summed E-state index contributed by atoms with van der Waals surface area (Å²) in [5.41, 5.74) is 1.00. The lowest BCUT2D eigenvalue weighted by Gasteiger charge is -2.09. The molecule has 0 unspecified atom stereocenters. The summed E-state index contributed by atoms with van der Waals surface area (Å²) in [6.45, 7) is 2.47. The Labute approximate surface area is 127 Å². The minimum absolute atomic E-state index is 0.176. The van der Waals surface area contributed by atoms with Gasteiger partial charge in [-0.05, 0) is 52.7 Å². The van der Waals surface area contributed by atoms with Crippen molar-refractivity contribution < 1.29 is 13.5 Å². The number of aryl methyl sites for hydroxylation is 1. The number of benzene rings is 1. The second-order valence-corrected chi connectivity index (χ2v) is 7.84. The molecule has 0 saturated carbocycles. The Morgan fingerprint density at radius 3 is 2.74 bits per heavy atom. The van der Waals surface area contributed by atoms with E-state index >= 15 is 0 Å². The predicted molar refractivity (Wildman–Crippen MR) is 83.1 cm³/mol. The second kappa shape index (κ2) is 8.26. The maximum atomic E-state index is 12.1. The minimum Gasteiger partial charge on any atom is -0.396 e. The number of nitrogens with one attached hydrogen (secondary N) is 1. The van der Waals surface area contributed by atoms with Gasteiger partial charge in [-0.15, -0.1) is 0 Å². The van der Waals surface area contributed by atoms with Gasteiger partial charge in [0.15, 0.2) is 0 Å². The molecule has 0 aliphatic heterocycles. The molecule has 0 spiro atoms. The molecule has 0 aliphatic carbocycles. The molecule has 4 nitrogen and oxygen atoms in total. The van der Waals surface area contributed by atoms with Crippen LogP contribution in [0.15, 0.2) is 27.6 Å². The highest BCUT2D eigenvalue weighted by atomic mass is 79.9. The summed E-state index contributed by atoms with van der Waals surface area (Å²) in [7, 11) is -3.46. The van der Waals surface area contributed by atoms with Gasteiger partial charge in [0, 0.05) is 23.4 Å². The van der Waals surface area contributed by atoms with E-state index in [-0.39, 0.29) is 11.5 Å². The summed E-state index contributed by atoms with van der Waals surface area (Å²) >= 11 is 4.90. The monoisotopic (exact) mass is 367 g/mol. The molecule has 19 heavy (non-hydrogen) atoms. The zero-order valence-electron chi connectivity index (χ0n) is 10.7. The van der Waals surface area contributed by atoms with Crippen LogP contribution in [-0.2, 0) is 10.0 Å². The van der Waals surface area contributed by atoms with Crippen molar-refractivity contribution in [2.24, 2.45) is 0 Å². The van der Waals surface area contributed by atoms with Crippen molar-refractivity contribution in [2.75, 3.05) is 24.7 Å². The molecule has 0 atom stereocenters. The van der Waals surface area contributed by atoms with Crippen LogP contribution in [0.4, 0.5) is 0 Å². The molecule has 2 N–H and O–H groups in total. The number of hydrogen-bond donors (Lipinski definition) is 2.